The van der Waals surface area contributed by atoms with Crippen LogP contribution in [-0.2, 0) is 30.7 Å². The van der Waals surface area contributed by atoms with Crippen LogP contribution in [0.5, 0.6) is 0 Å². The fourth-order valence-electron chi connectivity index (χ4n) is 6.03. The normalized spacial score (nSPS) is 13.0. The predicted molar refractivity (Wildman–Crippen MR) is 177 cm³/mol. The van der Waals surface area contributed by atoms with Crippen molar-refractivity contribution in [3.05, 3.63) is 130 Å². The van der Waals surface area contributed by atoms with Gasteiger partial charge in [0.1, 0.15) is 11.6 Å². The Hall–Kier alpha value is -4.85. The molecule has 238 valence electrons. The van der Waals surface area contributed by atoms with Gasteiger partial charge in [-0.1, -0.05) is 60.7 Å². The molecule has 6 rings (SSSR count). The topological polar surface area (TPSA) is 69.7 Å². The zero-order valence-corrected chi connectivity index (χ0v) is 26.3. The second-order valence-corrected chi connectivity index (χ2v) is 11.5. The lowest BCUT2D eigenvalue weighted by Crippen LogP contribution is -2.40. The van der Waals surface area contributed by atoms with Crippen LogP contribution < -0.4 is 10.2 Å². The summed E-state index contributed by atoms with van der Waals surface area (Å²) in [4.78, 5) is 39.6. The number of fused-ring (bicyclic) bond motifs is 2. The number of hydrogen-bond acceptors (Lipinski definition) is 5. The molecule has 0 aromatic heterocycles. The van der Waals surface area contributed by atoms with Gasteiger partial charge in [-0.2, -0.15) is 0 Å². The standard InChI is InChI=1S/C22H25FN2O2.C16H14FNO/c1-3-24(4-2)21(27)15-25(14-16-8-6-5-7-9-16)19-12-10-17-18(22(19)23)11-13-20(17)26;17-16-13-7-9-15(19)12(13)6-8-14(16)18-10-11-4-2-1-3-5-11/h5-10,12H,3-4,11,13-15H2,1-2H3;1-6,8,18H,7,9-10H2. The third kappa shape index (κ3) is 7.33. The molecule has 1 amide bonds. The van der Waals surface area contributed by atoms with E-state index in [4.69, 9.17) is 0 Å². The van der Waals surface area contributed by atoms with Crippen molar-refractivity contribution in [2.24, 2.45) is 0 Å². The van der Waals surface area contributed by atoms with Gasteiger partial charge in [-0.05, 0) is 62.1 Å². The molecule has 2 aliphatic rings. The van der Waals surface area contributed by atoms with E-state index >= 15 is 4.39 Å². The van der Waals surface area contributed by atoms with Crippen molar-refractivity contribution in [3.8, 4) is 0 Å². The summed E-state index contributed by atoms with van der Waals surface area (Å²) in [5.74, 6) is -0.652. The number of hydrogen-bond donors (Lipinski definition) is 1. The van der Waals surface area contributed by atoms with Crippen molar-refractivity contribution in [3.63, 3.8) is 0 Å². The Morgan fingerprint density at radius 2 is 1.24 bits per heavy atom. The zero-order chi connectivity index (χ0) is 32.6. The monoisotopic (exact) mass is 623 g/mol. The van der Waals surface area contributed by atoms with E-state index in [1.165, 1.54) is 0 Å². The Balaban J connectivity index is 0.000000192. The smallest absolute Gasteiger partial charge is 0.242 e. The summed E-state index contributed by atoms with van der Waals surface area (Å²) in [6.07, 6.45) is 1.72. The highest BCUT2D eigenvalue weighted by atomic mass is 19.1. The first-order valence-electron chi connectivity index (χ1n) is 15.8. The van der Waals surface area contributed by atoms with Crippen LogP contribution in [-0.4, -0.2) is 42.0 Å². The van der Waals surface area contributed by atoms with Crippen molar-refractivity contribution >= 4 is 28.8 Å². The maximum absolute atomic E-state index is 15.2. The van der Waals surface area contributed by atoms with Crippen LogP contribution in [0.2, 0.25) is 0 Å². The van der Waals surface area contributed by atoms with E-state index in [0.717, 1.165) is 11.1 Å². The molecular weight excluding hydrogens is 584 g/mol. The summed E-state index contributed by atoms with van der Waals surface area (Å²) in [6, 6.07) is 26.2. The molecule has 0 spiro atoms. The van der Waals surface area contributed by atoms with Crippen molar-refractivity contribution in [2.75, 3.05) is 29.9 Å². The zero-order valence-electron chi connectivity index (χ0n) is 26.3. The van der Waals surface area contributed by atoms with Gasteiger partial charge in [0.2, 0.25) is 5.91 Å². The molecule has 0 heterocycles. The van der Waals surface area contributed by atoms with Gasteiger partial charge >= 0.3 is 0 Å². The van der Waals surface area contributed by atoms with E-state index in [1.54, 1.807) is 34.1 Å². The number of anilines is 2. The van der Waals surface area contributed by atoms with Crippen LogP contribution in [0, 0.1) is 11.6 Å². The second-order valence-electron chi connectivity index (χ2n) is 11.5. The number of amides is 1. The highest BCUT2D eigenvalue weighted by Crippen LogP contribution is 2.32. The average molecular weight is 624 g/mol. The Bertz CT molecular complexity index is 1710. The van der Waals surface area contributed by atoms with Crippen LogP contribution in [0.4, 0.5) is 20.2 Å². The molecule has 0 unspecified atom stereocenters. The Kier molecular flexibility index (Phi) is 10.6. The molecule has 0 radical (unpaired) electrons. The van der Waals surface area contributed by atoms with Gasteiger partial charge in [0.15, 0.2) is 11.6 Å². The number of likely N-dealkylation sites (N-methyl/N-ethyl adjacent to an activating group) is 1. The van der Waals surface area contributed by atoms with Gasteiger partial charge in [-0.3, -0.25) is 14.4 Å². The van der Waals surface area contributed by atoms with E-state index in [1.807, 2.05) is 74.5 Å². The minimum Gasteiger partial charge on any atom is -0.379 e. The number of halogens is 2. The highest BCUT2D eigenvalue weighted by Gasteiger charge is 2.27. The summed E-state index contributed by atoms with van der Waals surface area (Å²) in [7, 11) is 0. The first kappa shape index (κ1) is 32.5. The maximum Gasteiger partial charge on any atom is 0.242 e. The largest absolute Gasteiger partial charge is 0.379 e. The summed E-state index contributed by atoms with van der Waals surface area (Å²) in [5, 5.41) is 3.09. The molecular formula is C38H39F2N3O3. The van der Waals surface area contributed by atoms with E-state index < -0.39 is 0 Å². The molecule has 6 nitrogen and oxygen atoms in total. The Morgan fingerprint density at radius 3 is 1.83 bits per heavy atom. The number of benzene rings is 4. The summed E-state index contributed by atoms with van der Waals surface area (Å²) in [6.45, 7) is 6.21. The van der Waals surface area contributed by atoms with Gasteiger partial charge in [-0.25, -0.2) is 8.78 Å². The number of nitrogens with one attached hydrogen (secondary N) is 1. The summed E-state index contributed by atoms with van der Waals surface area (Å²) < 4.78 is 29.4. The summed E-state index contributed by atoms with van der Waals surface area (Å²) >= 11 is 0. The molecule has 46 heavy (non-hydrogen) atoms. The Morgan fingerprint density at radius 1 is 0.696 bits per heavy atom. The number of nitrogens with zero attached hydrogens (tertiary/aromatic N) is 2. The van der Waals surface area contributed by atoms with E-state index in [-0.39, 0.29) is 35.7 Å². The predicted octanol–water partition coefficient (Wildman–Crippen LogP) is 7.40. The lowest BCUT2D eigenvalue weighted by atomic mass is 10.1. The van der Waals surface area contributed by atoms with Gasteiger partial charge < -0.3 is 15.1 Å². The van der Waals surface area contributed by atoms with Crippen LogP contribution in [0.3, 0.4) is 0 Å². The third-order valence-corrected chi connectivity index (χ3v) is 8.60. The minimum atomic E-state index is -0.373. The maximum atomic E-state index is 15.2. The van der Waals surface area contributed by atoms with Crippen molar-refractivity contribution in [1.82, 2.24) is 4.90 Å². The summed E-state index contributed by atoms with van der Waals surface area (Å²) in [5.41, 5.74) is 5.01. The fourth-order valence-corrected chi connectivity index (χ4v) is 6.03. The SMILES string of the molecule is CCN(CC)C(=O)CN(Cc1ccccc1)c1ccc2c(c1F)CCC2=O.O=C1CCc2c1ccc(NCc1ccccc1)c2F. The number of carbonyl (C=O) groups excluding carboxylic acids is 3. The number of Topliss-reactive ketones (excluding diaryl/α,β-unsaturated/α-hetero) is 2. The number of ketones is 2. The van der Waals surface area contributed by atoms with Crippen molar-refractivity contribution in [2.45, 2.75) is 52.6 Å². The molecule has 4 aromatic rings. The molecule has 0 atom stereocenters. The quantitative estimate of drug-likeness (QED) is 0.199. The molecule has 0 fully saturated rings. The van der Waals surface area contributed by atoms with Crippen LogP contribution in [0.15, 0.2) is 84.9 Å². The lowest BCUT2D eigenvalue weighted by molar-refractivity contribution is -0.129. The van der Waals surface area contributed by atoms with E-state index in [0.29, 0.717) is 85.5 Å². The molecule has 0 aliphatic heterocycles. The first-order valence-corrected chi connectivity index (χ1v) is 15.8. The highest BCUT2D eigenvalue weighted by molar-refractivity contribution is 6.01. The van der Waals surface area contributed by atoms with Crippen molar-refractivity contribution < 1.29 is 23.2 Å². The van der Waals surface area contributed by atoms with Crippen molar-refractivity contribution in [1.29, 1.82) is 0 Å². The van der Waals surface area contributed by atoms with E-state index in [2.05, 4.69) is 5.32 Å². The third-order valence-electron chi connectivity index (χ3n) is 8.60. The van der Waals surface area contributed by atoms with Crippen LogP contribution in [0.1, 0.15) is 69.7 Å². The number of rotatable bonds is 10. The van der Waals surface area contributed by atoms with Gasteiger partial charge in [0.25, 0.3) is 0 Å². The second kappa shape index (κ2) is 15.0. The minimum absolute atomic E-state index is 0.00993. The lowest BCUT2D eigenvalue weighted by Gasteiger charge is -2.28. The molecule has 1 N–H and O–H groups in total. The van der Waals surface area contributed by atoms with Crippen LogP contribution in [0.25, 0.3) is 0 Å². The van der Waals surface area contributed by atoms with Gasteiger partial charge in [-0.15, -0.1) is 0 Å². The first-order chi connectivity index (χ1) is 22.3. The van der Waals surface area contributed by atoms with Gasteiger partial charge in [0, 0.05) is 61.3 Å². The molecule has 0 saturated heterocycles. The fraction of sp³-hybridized carbons (Fsp3) is 0.289. The molecule has 4 aromatic carbocycles. The molecule has 2 aliphatic carbocycles. The molecule has 8 heteroatoms. The van der Waals surface area contributed by atoms with E-state index in [9.17, 15) is 18.8 Å². The average Bonchev–Trinajstić information content (AvgIpc) is 3.65. The molecule has 0 bridgehead atoms. The number of carbonyl (C=O) groups is 3. The van der Waals surface area contributed by atoms with Crippen LogP contribution >= 0.6 is 0 Å². The Labute approximate surface area is 269 Å². The molecule has 0 saturated carbocycles. The van der Waals surface area contributed by atoms with Gasteiger partial charge in [0.05, 0.1) is 17.9 Å².